The highest BCUT2D eigenvalue weighted by molar-refractivity contribution is 9.10. The summed E-state index contributed by atoms with van der Waals surface area (Å²) in [6.45, 7) is 4.83. The number of thiophene rings is 2. The first kappa shape index (κ1) is 45.0. The summed E-state index contributed by atoms with van der Waals surface area (Å²) in [4.78, 5) is 63.5. The molecule has 2 aliphatic heterocycles. The molecular formula is C45H39BrCl2N4O5S4. The van der Waals surface area contributed by atoms with Gasteiger partial charge >= 0.3 is 0 Å². The lowest BCUT2D eigenvalue weighted by Gasteiger charge is -2.39. The van der Waals surface area contributed by atoms with Gasteiger partial charge in [0.25, 0.3) is 0 Å². The predicted octanol–water partition coefficient (Wildman–Crippen LogP) is 10.8. The number of nitrogens with zero attached hydrogens (tertiary/aromatic N) is 2. The van der Waals surface area contributed by atoms with Crippen LogP contribution >= 0.6 is 85.3 Å². The first-order valence-corrected chi connectivity index (χ1v) is 24.4. The van der Waals surface area contributed by atoms with Gasteiger partial charge in [-0.1, -0.05) is 73.4 Å². The highest BCUT2D eigenvalue weighted by atomic mass is 79.9. The Morgan fingerprint density at radius 2 is 1.20 bits per heavy atom. The number of thioether (sulfide) groups is 2. The molecule has 0 aliphatic carbocycles. The maximum absolute atomic E-state index is 13.4. The number of pyridine rings is 2. The van der Waals surface area contributed by atoms with Crippen molar-refractivity contribution in [2.24, 2.45) is 5.92 Å². The van der Waals surface area contributed by atoms with E-state index in [1.807, 2.05) is 100 Å². The smallest absolute Gasteiger partial charge is 0.242 e. The van der Waals surface area contributed by atoms with Crippen LogP contribution in [0.15, 0.2) is 133 Å². The quantitative estimate of drug-likeness (QED) is 0.0910. The second-order valence-corrected chi connectivity index (χ2v) is 20.2. The Morgan fingerprint density at radius 3 is 1.64 bits per heavy atom. The van der Waals surface area contributed by atoms with E-state index in [-0.39, 0.29) is 36.2 Å². The normalized spacial score (nSPS) is 21.3. The predicted molar refractivity (Wildman–Crippen MR) is 249 cm³/mol. The van der Waals surface area contributed by atoms with Crippen LogP contribution in [-0.4, -0.2) is 50.5 Å². The van der Waals surface area contributed by atoms with Gasteiger partial charge in [-0.15, -0.1) is 23.5 Å². The Hall–Kier alpha value is -4.02. The third-order valence-corrected chi connectivity index (χ3v) is 15.4. The first-order chi connectivity index (χ1) is 29.4. The standard InChI is InChI=1S/C25H25ClN2O3S2.C20H14BrClN2O2S2/c1-16(2)10-12-31-22-9-5-8-21(27-22)25(17-11-13-32-15-17)14-19(29)23(24(30)28-25)33-20-7-4-3-6-18(20)26;21-17-7-3-6-16(23-17)20(12-8-9-27-11-12)10-14(25)18(19(26)24-20)28-15-5-2-1-4-13(15)22/h3-9,11,13,15-16,23H,10,12,14H2,1-2H3,(H,28,30);1-9,11,18H,10H2,(H,24,26). The zero-order valence-electron chi connectivity index (χ0n) is 32.8. The molecule has 9 nitrogen and oxygen atoms in total. The van der Waals surface area contributed by atoms with Crippen LogP contribution in [0.3, 0.4) is 0 Å². The number of rotatable bonds is 12. The summed E-state index contributed by atoms with van der Waals surface area (Å²) in [7, 11) is 0. The maximum atomic E-state index is 13.4. The Labute approximate surface area is 388 Å². The summed E-state index contributed by atoms with van der Waals surface area (Å²) in [5.41, 5.74) is 0.890. The second kappa shape index (κ2) is 20.0. The number of ether oxygens (including phenoxy) is 1. The Kier molecular flexibility index (Phi) is 14.8. The molecule has 2 aromatic carbocycles. The minimum atomic E-state index is -1.04. The van der Waals surface area contributed by atoms with Gasteiger partial charge in [-0.3, -0.25) is 19.2 Å². The van der Waals surface area contributed by atoms with Gasteiger partial charge in [0.2, 0.25) is 17.7 Å². The van der Waals surface area contributed by atoms with Crippen molar-refractivity contribution < 1.29 is 23.9 Å². The zero-order chi connectivity index (χ0) is 43.1. The van der Waals surface area contributed by atoms with Crippen LogP contribution in [0.2, 0.25) is 10.0 Å². The van der Waals surface area contributed by atoms with Crippen LogP contribution in [0.4, 0.5) is 0 Å². The van der Waals surface area contributed by atoms with E-state index in [4.69, 9.17) is 32.9 Å². The van der Waals surface area contributed by atoms with Crippen molar-refractivity contribution in [1.82, 2.24) is 20.6 Å². The van der Waals surface area contributed by atoms with E-state index < -0.39 is 21.6 Å². The number of hydrogen-bond acceptors (Lipinski definition) is 11. The fourth-order valence-electron chi connectivity index (χ4n) is 6.96. The van der Waals surface area contributed by atoms with Gasteiger partial charge in [0.15, 0.2) is 11.6 Å². The molecule has 0 spiro atoms. The number of halogens is 3. The lowest BCUT2D eigenvalue weighted by molar-refractivity contribution is -0.134. The van der Waals surface area contributed by atoms with Crippen LogP contribution in [0.1, 0.15) is 55.6 Å². The lowest BCUT2D eigenvalue weighted by Crippen LogP contribution is -2.58. The summed E-state index contributed by atoms with van der Waals surface area (Å²) in [6.07, 6.45) is 1.14. The topological polar surface area (TPSA) is 127 Å². The summed E-state index contributed by atoms with van der Waals surface area (Å²) in [5.74, 6) is -0.000886. The highest BCUT2D eigenvalue weighted by Crippen LogP contribution is 2.43. The first-order valence-electron chi connectivity index (χ1n) is 19.2. The van der Waals surface area contributed by atoms with Crippen molar-refractivity contribution in [3.63, 3.8) is 0 Å². The average Bonchev–Trinajstić information content (AvgIpc) is 3.99. The van der Waals surface area contributed by atoms with Crippen molar-refractivity contribution in [3.05, 3.63) is 156 Å². The van der Waals surface area contributed by atoms with Crippen LogP contribution in [-0.2, 0) is 30.3 Å². The number of piperidine rings is 2. The number of carbonyl (C=O) groups excluding carboxylic acids is 4. The SMILES string of the molecule is CC(C)CCOc1cccc(C2(c3ccsc3)CC(=O)C(Sc3ccccc3Cl)C(=O)N2)n1.O=C1CC(c2ccsc2)(c2cccc(Br)n2)NC(=O)C1Sc1ccccc1Cl. The van der Waals surface area contributed by atoms with Gasteiger partial charge < -0.3 is 15.4 Å². The van der Waals surface area contributed by atoms with Crippen molar-refractivity contribution in [3.8, 4) is 5.88 Å². The van der Waals surface area contributed by atoms with Gasteiger partial charge in [-0.25, -0.2) is 9.97 Å². The minimum Gasteiger partial charge on any atom is -0.478 e. The molecule has 4 unspecified atom stereocenters. The average molecular weight is 995 g/mol. The largest absolute Gasteiger partial charge is 0.478 e. The summed E-state index contributed by atoms with van der Waals surface area (Å²) in [5, 5.41) is 13.3. The molecule has 6 heterocycles. The molecule has 2 fully saturated rings. The number of hydrogen-bond donors (Lipinski definition) is 2. The number of nitrogens with one attached hydrogen (secondary N) is 2. The van der Waals surface area contributed by atoms with E-state index >= 15 is 0 Å². The van der Waals surface area contributed by atoms with E-state index in [0.717, 1.165) is 17.5 Å². The molecule has 0 radical (unpaired) electrons. The van der Waals surface area contributed by atoms with Gasteiger partial charge in [-0.2, -0.15) is 22.7 Å². The number of carbonyl (C=O) groups is 4. The molecule has 2 saturated heterocycles. The third-order valence-electron chi connectivity index (χ3n) is 10.1. The summed E-state index contributed by atoms with van der Waals surface area (Å²) < 4.78 is 6.50. The zero-order valence-corrected chi connectivity index (χ0v) is 39.2. The van der Waals surface area contributed by atoms with Crippen molar-refractivity contribution in [2.75, 3.05) is 6.61 Å². The van der Waals surface area contributed by atoms with Crippen LogP contribution < -0.4 is 15.4 Å². The number of ketones is 2. The molecular weight excluding hydrogens is 956 g/mol. The molecule has 8 rings (SSSR count). The van der Waals surface area contributed by atoms with E-state index in [2.05, 4.69) is 45.4 Å². The Morgan fingerprint density at radius 1 is 0.705 bits per heavy atom. The van der Waals surface area contributed by atoms with Crippen LogP contribution in [0.5, 0.6) is 5.88 Å². The minimum absolute atomic E-state index is 0.0973. The van der Waals surface area contributed by atoms with Crippen molar-refractivity contribution in [2.45, 2.75) is 64.5 Å². The van der Waals surface area contributed by atoms with Gasteiger partial charge in [0, 0.05) is 28.7 Å². The van der Waals surface area contributed by atoms with E-state index in [9.17, 15) is 19.2 Å². The fraction of sp³-hybridized carbons (Fsp3) is 0.244. The highest BCUT2D eigenvalue weighted by Gasteiger charge is 2.50. The summed E-state index contributed by atoms with van der Waals surface area (Å²) in [6, 6.07) is 29.2. The Bertz CT molecular complexity index is 2490. The number of Topliss-reactive ketones (excluding diaryl/α,β-unsaturated/α-hetero) is 2. The third kappa shape index (κ3) is 10.3. The molecule has 2 aliphatic rings. The maximum Gasteiger partial charge on any atom is 0.242 e. The van der Waals surface area contributed by atoms with E-state index in [0.29, 0.717) is 54.2 Å². The van der Waals surface area contributed by atoms with Crippen molar-refractivity contribution >= 4 is 109 Å². The van der Waals surface area contributed by atoms with Crippen LogP contribution in [0.25, 0.3) is 0 Å². The molecule has 0 bridgehead atoms. The molecule has 61 heavy (non-hydrogen) atoms. The van der Waals surface area contributed by atoms with Crippen molar-refractivity contribution in [1.29, 1.82) is 0 Å². The molecule has 4 aromatic heterocycles. The summed E-state index contributed by atoms with van der Waals surface area (Å²) >= 11 is 21.3. The number of benzene rings is 2. The molecule has 2 N–H and O–H groups in total. The molecule has 2 amide bonds. The van der Waals surface area contributed by atoms with E-state index in [1.54, 1.807) is 18.2 Å². The molecule has 6 aromatic rings. The molecule has 314 valence electrons. The Balaban J connectivity index is 0.000000186. The lowest BCUT2D eigenvalue weighted by atomic mass is 9.79. The molecule has 4 atom stereocenters. The molecule has 0 saturated carbocycles. The van der Waals surface area contributed by atoms with Gasteiger partial charge in [0.05, 0.1) is 28.0 Å². The van der Waals surface area contributed by atoms with Gasteiger partial charge in [0.1, 0.15) is 26.2 Å². The monoisotopic (exact) mass is 992 g/mol. The van der Waals surface area contributed by atoms with E-state index in [1.165, 1.54) is 46.2 Å². The second-order valence-electron chi connectivity index (χ2n) is 14.7. The molecule has 16 heteroatoms. The number of amides is 2. The number of aromatic nitrogens is 2. The fourth-order valence-corrected chi connectivity index (χ4v) is 11.2. The van der Waals surface area contributed by atoms with Gasteiger partial charge in [-0.05, 0) is 116 Å². The van der Waals surface area contributed by atoms with Crippen LogP contribution in [0, 0.1) is 5.92 Å².